The van der Waals surface area contributed by atoms with Gasteiger partial charge in [-0.15, -0.1) is 0 Å². The van der Waals surface area contributed by atoms with Crippen LogP contribution in [0.3, 0.4) is 0 Å². The maximum atomic E-state index is 5.29. The van der Waals surface area contributed by atoms with Crippen molar-refractivity contribution in [2.45, 2.75) is 0 Å². The van der Waals surface area contributed by atoms with Gasteiger partial charge in [0, 0.05) is 16.5 Å². The Kier molecular flexibility index (Phi) is 7.18. The number of benzene rings is 9. The molecule has 1 aromatic heterocycles. The lowest BCUT2D eigenvalue weighted by Crippen LogP contribution is -1.96. The molecular formula is C50H32N2. The molecule has 9 aromatic carbocycles. The van der Waals surface area contributed by atoms with Gasteiger partial charge in [-0.1, -0.05) is 170 Å². The first-order chi connectivity index (χ1) is 25.8. The van der Waals surface area contributed by atoms with Crippen molar-refractivity contribution in [2.24, 2.45) is 0 Å². The third kappa shape index (κ3) is 5.12. The van der Waals surface area contributed by atoms with E-state index in [1.165, 1.54) is 43.4 Å². The zero-order valence-electron chi connectivity index (χ0n) is 28.4. The highest BCUT2D eigenvalue weighted by molar-refractivity contribution is 6.25. The molecule has 0 atom stereocenters. The lowest BCUT2D eigenvalue weighted by molar-refractivity contribution is 1.23. The number of fused-ring (bicyclic) bond motifs is 7. The van der Waals surface area contributed by atoms with Crippen LogP contribution in [0.2, 0.25) is 0 Å². The summed E-state index contributed by atoms with van der Waals surface area (Å²) in [6.07, 6.45) is 0. The van der Waals surface area contributed by atoms with Gasteiger partial charge in [0.2, 0.25) is 0 Å². The quantitative estimate of drug-likeness (QED) is 0.172. The fourth-order valence-corrected chi connectivity index (χ4v) is 7.77. The van der Waals surface area contributed by atoms with Gasteiger partial charge in [-0.2, -0.15) is 0 Å². The Labute approximate surface area is 302 Å². The average Bonchev–Trinajstić information content (AvgIpc) is 3.23. The van der Waals surface area contributed by atoms with Crippen LogP contribution in [-0.2, 0) is 0 Å². The van der Waals surface area contributed by atoms with Gasteiger partial charge in [0.05, 0.1) is 11.2 Å². The second-order valence-electron chi connectivity index (χ2n) is 13.3. The Morgan fingerprint density at radius 1 is 0.250 bits per heavy atom. The molecule has 2 heteroatoms. The second-order valence-corrected chi connectivity index (χ2v) is 13.3. The van der Waals surface area contributed by atoms with Crippen molar-refractivity contribution in [1.29, 1.82) is 0 Å². The molecule has 0 spiro atoms. The van der Waals surface area contributed by atoms with E-state index in [0.29, 0.717) is 5.82 Å². The van der Waals surface area contributed by atoms with Gasteiger partial charge in [0.1, 0.15) is 0 Å². The largest absolute Gasteiger partial charge is 0.228 e. The van der Waals surface area contributed by atoms with Gasteiger partial charge >= 0.3 is 0 Å². The number of rotatable bonds is 5. The zero-order valence-corrected chi connectivity index (χ0v) is 28.4. The van der Waals surface area contributed by atoms with Crippen LogP contribution in [-0.4, -0.2) is 9.97 Å². The van der Waals surface area contributed by atoms with Crippen LogP contribution in [0, 0.1) is 0 Å². The monoisotopic (exact) mass is 660 g/mol. The predicted octanol–water partition coefficient (Wildman–Crippen LogP) is 13.4. The molecule has 0 aliphatic heterocycles. The van der Waals surface area contributed by atoms with Gasteiger partial charge in [-0.25, -0.2) is 9.97 Å². The molecule has 0 aliphatic rings. The first kappa shape index (κ1) is 30.0. The number of nitrogens with zero attached hydrogens (tertiary/aromatic N) is 2. The summed E-state index contributed by atoms with van der Waals surface area (Å²) in [4.78, 5) is 10.4. The van der Waals surface area contributed by atoms with Crippen molar-refractivity contribution in [3.05, 3.63) is 194 Å². The van der Waals surface area contributed by atoms with Gasteiger partial charge < -0.3 is 0 Å². The zero-order chi connectivity index (χ0) is 34.4. The van der Waals surface area contributed by atoms with Crippen LogP contribution >= 0.6 is 0 Å². The van der Waals surface area contributed by atoms with Crippen LogP contribution < -0.4 is 0 Å². The summed E-state index contributed by atoms with van der Waals surface area (Å²) in [6.45, 7) is 0. The topological polar surface area (TPSA) is 25.8 Å². The fourth-order valence-electron chi connectivity index (χ4n) is 7.77. The summed E-state index contributed by atoms with van der Waals surface area (Å²) in [6, 6.07) is 69.2. The third-order valence-corrected chi connectivity index (χ3v) is 10.3. The van der Waals surface area contributed by atoms with E-state index in [1.54, 1.807) is 0 Å². The maximum absolute atomic E-state index is 5.29. The second kappa shape index (κ2) is 12.5. The third-order valence-electron chi connectivity index (χ3n) is 10.3. The normalized spacial score (nSPS) is 11.5. The van der Waals surface area contributed by atoms with Crippen LogP contribution in [0.15, 0.2) is 194 Å². The minimum Gasteiger partial charge on any atom is -0.228 e. The molecule has 0 radical (unpaired) electrons. The maximum Gasteiger partial charge on any atom is 0.160 e. The highest BCUT2D eigenvalue weighted by atomic mass is 14.9. The molecule has 0 saturated carbocycles. The minimum absolute atomic E-state index is 0.711. The van der Waals surface area contributed by atoms with Crippen molar-refractivity contribution in [3.8, 4) is 56.0 Å². The van der Waals surface area contributed by atoms with E-state index in [9.17, 15) is 0 Å². The smallest absolute Gasteiger partial charge is 0.160 e. The molecule has 0 saturated heterocycles. The Bertz CT molecular complexity index is 2930. The van der Waals surface area contributed by atoms with Crippen LogP contribution in [0.4, 0.5) is 0 Å². The number of hydrogen-bond donors (Lipinski definition) is 0. The minimum atomic E-state index is 0.711. The first-order valence-corrected chi connectivity index (χ1v) is 17.7. The molecule has 1 heterocycles. The van der Waals surface area contributed by atoms with Crippen LogP contribution in [0.25, 0.3) is 99.2 Å². The molecule has 10 rings (SSSR count). The summed E-state index contributed by atoms with van der Waals surface area (Å²) in [7, 11) is 0. The van der Waals surface area contributed by atoms with Gasteiger partial charge in [-0.3, -0.25) is 0 Å². The molecule has 2 nitrogen and oxygen atoms in total. The molecular weight excluding hydrogens is 629 g/mol. The lowest BCUT2D eigenvalue weighted by Gasteiger charge is -2.14. The molecule has 0 aliphatic carbocycles. The van der Waals surface area contributed by atoms with E-state index in [4.69, 9.17) is 9.97 Å². The molecule has 52 heavy (non-hydrogen) atoms. The standard InChI is InChI=1S/C50H32N2/c1-2-14-33(15-3-1)39-20-4-9-25-45(39)49-46-26-10-11-27-48(46)51-50(52-49)38-19-13-18-36(31-38)34-16-12-17-35(30-34)37-28-29-44-42-23-6-5-21-40(42)41-22-7-8-24-43(41)47(44)32-37/h1-32H. The van der Waals surface area contributed by atoms with Gasteiger partial charge in [-0.05, 0) is 90.0 Å². The highest BCUT2D eigenvalue weighted by Gasteiger charge is 2.16. The molecule has 0 amide bonds. The molecule has 0 unspecified atom stereocenters. The Balaban J connectivity index is 1.07. The van der Waals surface area contributed by atoms with Crippen molar-refractivity contribution < 1.29 is 0 Å². The van der Waals surface area contributed by atoms with E-state index in [0.717, 1.165) is 50.0 Å². The SMILES string of the molecule is c1ccc(-c2ccccc2-c2nc(-c3cccc(-c4cccc(-c5ccc6c7ccccc7c7ccccc7c6c5)c4)c3)nc3ccccc23)cc1. The number of hydrogen-bond acceptors (Lipinski definition) is 2. The summed E-state index contributed by atoms with van der Waals surface area (Å²) >= 11 is 0. The molecule has 10 aromatic rings. The van der Waals surface area contributed by atoms with Gasteiger partial charge in [0.15, 0.2) is 5.82 Å². The van der Waals surface area contributed by atoms with Crippen LogP contribution in [0.5, 0.6) is 0 Å². The van der Waals surface area contributed by atoms with Crippen molar-refractivity contribution in [2.75, 3.05) is 0 Å². The molecule has 0 N–H and O–H groups in total. The lowest BCUT2D eigenvalue weighted by atomic mass is 9.91. The van der Waals surface area contributed by atoms with E-state index in [-0.39, 0.29) is 0 Å². The summed E-state index contributed by atoms with van der Waals surface area (Å²) in [5, 5.41) is 8.74. The van der Waals surface area contributed by atoms with Crippen LogP contribution in [0.1, 0.15) is 0 Å². The Morgan fingerprint density at radius 3 is 1.38 bits per heavy atom. The summed E-state index contributed by atoms with van der Waals surface area (Å²) in [5.41, 5.74) is 10.9. The molecule has 242 valence electrons. The number of aromatic nitrogens is 2. The average molecular weight is 661 g/mol. The van der Waals surface area contributed by atoms with Crippen molar-refractivity contribution >= 4 is 43.2 Å². The van der Waals surface area contributed by atoms with Crippen molar-refractivity contribution in [3.63, 3.8) is 0 Å². The molecule has 0 bridgehead atoms. The fraction of sp³-hybridized carbons (Fsp3) is 0. The van der Waals surface area contributed by atoms with Crippen molar-refractivity contribution in [1.82, 2.24) is 9.97 Å². The van der Waals surface area contributed by atoms with E-state index < -0.39 is 0 Å². The van der Waals surface area contributed by atoms with E-state index in [2.05, 4.69) is 188 Å². The van der Waals surface area contributed by atoms with Gasteiger partial charge in [0.25, 0.3) is 0 Å². The Hall–Kier alpha value is -6.90. The van der Waals surface area contributed by atoms with E-state index >= 15 is 0 Å². The first-order valence-electron chi connectivity index (χ1n) is 17.7. The molecule has 0 fully saturated rings. The summed E-state index contributed by atoms with van der Waals surface area (Å²) < 4.78 is 0. The summed E-state index contributed by atoms with van der Waals surface area (Å²) in [5.74, 6) is 0.711. The predicted molar refractivity (Wildman–Crippen MR) is 219 cm³/mol. The Morgan fingerprint density at radius 2 is 0.712 bits per heavy atom. The highest BCUT2D eigenvalue weighted by Crippen LogP contribution is 2.39. The van der Waals surface area contributed by atoms with E-state index in [1.807, 2.05) is 6.07 Å². The number of para-hydroxylation sites is 1.